The first kappa shape index (κ1) is 12.0. The summed E-state index contributed by atoms with van der Waals surface area (Å²) in [6, 6.07) is 3.53. The first-order chi connectivity index (χ1) is 7.38. The second-order valence-corrected chi connectivity index (χ2v) is 3.68. The van der Waals surface area contributed by atoms with Gasteiger partial charge in [0.1, 0.15) is 0 Å². The Bertz CT molecular complexity index is 269. The van der Waals surface area contributed by atoms with E-state index in [1.165, 1.54) is 19.3 Å². The molecule has 0 spiro atoms. The van der Waals surface area contributed by atoms with E-state index in [1.807, 2.05) is 13.8 Å². The minimum Gasteiger partial charge on any atom is -0.461 e. The molecule has 0 saturated heterocycles. The summed E-state index contributed by atoms with van der Waals surface area (Å²) in [4.78, 5) is 11.8. The van der Waals surface area contributed by atoms with Crippen LogP contribution in [0.3, 0.4) is 0 Å². The number of hydrogen-bond donors (Lipinski definition) is 0. The zero-order valence-corrected chi connectivity index (χ0v) is 9.66. The summed E-state index contributed by atoms with van der Waals surface area (Å²) in [5, 5.41) is 0. The molecule has 0 unspecified atom stereocenters. The number of rotatable bonds is 2. The van der Waals surface area contributed by atoms with E-state index in [0.29, 0.717) is 5.76 Å². The molecule has 1 aliphatic carbocycles. The van der Waals surface area contributed by atoms with Gasteiger partial charge in [0, 0.05) is 5.92 Å². The van der Waals surface area contributed by atoms with Gasteiger partial charge in [0.25, 0.3) is 0 Å². The second-order valence-electron chi connectivity index (χ2n) is 3.68. The van der Waals surface area contributed by atoms with Gasteiger partial charge < -0.3 is 4.42 Å². The zero-order valence-electron chi connectivity index (χ0n) is 9.66. The van der Waals surface area contributed by atoms with Crippen molar-refractivity contribution in [3.8, 4) is 0 Å². The van der Waals surface area contributed by atoms with E-state index >= 15 is 0 Å². The average molecular weight is 208 g/mol. The maximum Gasteiger partial charge on any atom is 0.201 e. The molecular weight excluding hydrogens is 188 g/mol. The van der Waals surface area contributed by atoms with Crippen LogP contribution >= 0.6 is 0 Å². The van der Waals surface area contributed by atoms with E-state index in [0.717, 1.165) is 12.8 Å². The van der Waals surface area contributed by atoms with Crippen molar-refractivity contribution in [3.05, 3.63) is 24.2 Å². The predicted molar refractivity (Wildman–Crippen MR) is 61.0 cm³/mol. The first-order valence-electron chi connectivity index (χ1n) is 5.95. The summed E-state index contributed by atoms with van der Waals surface area (Å²) >= 11 is 0. The van der Waals surface area contributed by atoms with Crippen LogP contribution in [-0.2, 0) is 0 Å². The summed E-state index contributed by atoms with van der Waals surface area (Å²) in [5.74, 6) is 0.955. The minimum atomic E-state index is 0.199. The van der Waals surface area contributed by atoms with Gasteiger partial charge in [-0.3, -0.25) is 4.79 Å². The maximum atomic E-state index is 11.8. The van der Waals surface area contributed by atoms with E-state index in [2.05, 4.69) is 0 Å². The van der Waals surface area contributed by atoms with Gasteiger partial charge in [-0.05, 0) is 25.0 Å². The number of furan rings is 1. The van der Waals surface area contributed by atoms with Crippen molar-refractivity contribution in [2.24, 2.45) is 5.92 Å². The highest BCUT2D eigenvalue weighted by Gasteiger charge is 2.23. The minimum absolute atomic E-state index is 0.199. The highest BCUT2D eigenvalue weighted by Crippen LogP contribution is 2.26. The van der Waals surface area contributed by atoms with Crippen LogP contribution < -0.4 is 0 Å². The van der Waals surface area contributed by atoms with Gasteiger partial charge in [-0.15, -0.1) is 0 Å². The Kier molecular flexibility index (Phi) is 5.16. The first-order valence-corrected chi connectivity index (χ1v) is 5.95. The Morgan fingerprint density at radius 1 is 1.27 bits per heavy atom. The van der Waals surface area contributed by atoms with Crippen LogP contribution in [0.15, 0.2) is 22.8 Å². The standard InChI is InChI=1S/C11H14O2.C2H6/c12-11(10-7-4-8-13-10)9-5-2-1-3-6-9;1-2/h4,7-9H,1-3,5-6H2;1-2H3. The number of carbonyl (C=O) groups excluding carboxylic acids is 1. The average Bonchev–Trinajstić information content (AvgIpc) is 2.85. The van der Waals surface area contributed by atoms with E-state index in [4.69, 9.17) is 4.42 Å². The highest BCUT2D eigenvalue weighted by molar-refractivity contribution is 5.95. The van der Waals surface area contributed by atoms with Crippen molar-refractivity contribution in [1.82, 2.24) is 0 Å². The molecule has 0 aromatic carbocycles. The number of hydrogen-bond acceptors (Lipinski definition) is 2. The Hall–Kier alpha value is -1.05. The third-order valence-corrected chi connectivity index (χ3v) is 2.74. The summed E-state index contributed by atoms with van der Waals surface area (Å²) in [6.45, 7) is 4.00. The SMILES string of the molecule is CC.O=C(c1ccco1)C1CCCCC1. The number of Topliss-reactive ketones (excluding diaryl/α,β-unsaturated/α-hetero) is 1. The van der Waals surface area contributed by atoms with Crippen LogP contribution in [0, 0.1) is 5.92 Å². The molecule has 1 heterocycles. The fourth-order valence-electron chi connectivity index (χ4n) is 1.98. The highest BCUT2D eigenvalue weighted by atomic mass is 16.3. The Morgan fingerprint density at radius 3 is 2.47 bits per heavy atom. The van der Waals surface area contributed by atoms with Crippen LogP contribution in [0.1, 0.15) is 56.5 Å². The molecule has 1 aliphatic rings. The van der Waals surface area contributed by atoms with Crippen molar-refractivity contribution in [3.63, 3.8) is 0 Å². The van der Waals surface area contributed by atoms with Gasteiger partial charge in [0.2, 0.25) is 5.78 Å². The number of ketones is 1. The fourth-order valence-corrected chi connectivity index (χ4v) is 1.98. The molecule has 15 heavy (non-hydrogen) atoms. The fraction of sp³-hybridized carbons (Fsp3) is 0.615. The molecule has 1 fully saturated rings. The molecule has 0 aliphatic heterocycles. The van der Waals surface area contributed by atoms with E-state index in [9.17, 15) is 4.79 Å². The molecule has 1 saturated carbocycles. The summed E-state index contributed by atoms with van der Waals surface area (Å²) in [7, 11) is 0. The zero-order chi connectivity index (χ0) is 11.1. The quantitative estimate of drug-likeness (QED) is 0.686. The molecule has 0 amide bonds. The van der Waals surface area contributed by atoms with Crippen molar-refractivity contribution in [1.29, 1.82) is 0 Å². The summed E-state index contributed by atoms with van der Waals surface area (Å²) in [6.07, 6.45) is 7.31. The van der Waals surface area contributed by atoms with Gasteiger partial charge in [-0.25, -0.2) is 0 Å². The van der Waals surface area contributed by atoms with Crippen LogP contribution in [-0.4, -0.2) is 5.78 Å². The van der Waals surface area contributed by atoms with E-state index in [-0.39, 0.29) is 11.7 Å². The number of carbonyl (C=O) groups is 1. The van der Waals surface area contributed by atoms with Gasteiger partial charge in [-0.1, -0.05) is 33.1 Å². The summed E-state index contributed by atoms with van der Waals surface area (Å²) < 4.78 is 5.10. The molecule has 0 N–H and O–H groups in total. The van der Waals surface area contributed by atoms with Crippen LogP contribution in [0.2, 0.25) is 0 Å². The lowest BCUT2D eigenvalue weighted by Gasteiger charge is -2.18. The molecule has 0 bridgehead atoms. The lowest BCUT2D eigenvalue weighted by atomic mass is 9.85. The Labute approximate surface area is 91.7 Å². The molecule has 0 atom stereocenters. The van der Waals surface area contributed by atoms with Crippen LogP contribution in [0.5, 0.6) is 0 Å². The van der Waals surface area contributed by atoms with Gasteiger partial charge >= 0.3 is 0 Å². The Morgan fingerprint density at radius 2 is 1.93 bits per heavy atom. The van der Waals surface area contributed by atoms with Gasteiger partial charge in [0.15, 0.2) is 5.76 Å². The molecule has 0 radical (unpaired) electrons. The van der Waals surface area contributed by atoms with Crippen molar-refractivity contribution < 1.29 is 9.21 Å². The molecule has 1 aromatic heterocycles. The third kappa shape index (κ3) is 3.22. The monoisotopic (exact) mass is 208 g/mol. The lowest BCUT2D eigenvalue weighted by molar-refractivity contribution is 0.0860. The molecule has 2 heteroatoms. The largest absolute Gasteiger partial charge is 0.461 e. The van der Waals surface area contributed by atoms with Crippen LogP contribution in [0.25, 0.3) is 0 Å². The lowest BCUT2D eigenvalue weighted by Crippen LogP contribution is -2.17. The Balaban J connectivity index is 0.000000531. The normalized spacial score (nSPS) is 16.7. The topological polar surface area (TPSA) is 30.2 Å². The molecule has 2 nitrogen and oxygen atoms in total. The van der Waals surface area contributed by atoms with E-state index in [1.54, 1.807) is 18.4 Å². The smallest absolute Gasteiger partial charge is 0.201 e. The molecule has 2 rings (SSSR count). The predicted octanol–water partition coefficient (Wildman–Crippen LogP) is 4.07. The maximum absolute atomic E-state index is 11.8. The van der Waals surface area contributed by atoms with Gasteiger partial charge in [0.05, 0.1) is 6.26 Å². The van der Waals surface area contributed by atoms with Crippen molar-refractivity contribution >= 4 is 5.78 Å². The summed E-state index contributed by atoms with van der Waals surface area (Å²) in [5.41, 5.74) is 0. The van der Waals surface area contributed by atoms with E-state index < -0.39 is 0 Å². The molecular formula is C13H20O2. The van der Waals surface area contributed by atoms with Crippen LogP contribution in [0.4, 0.5) is 0 Å². The van der Waals surface area contributed by atoms with Crippen molar-refractivity contribution in [2.75, 3.05) is 0 Å². The van der Waals surface area contributed by atoms with Gasteiger partial charge in [-0.2, -0.15) is 0 Å². The molecule has 1 aromatic rings. The second kappa shape index (κ2) is 6.44. The van der Waals surface area contributed by atoms with Crippen molar-refractivity contribution in [2.45, 2.75) is 46.0 Å². The third-order valence-electron chi connectivity index (χ3n) is 2.74. The molecule has 84 valence electrons.